The maximum atomic E-state index is 12.7. The Morgan fingerprint density at radius 2 is 1.93 bits per heavy atom. The van der Waals surface area contributed by atoms with E-state index in [0.29, 0.717) is 11.5 Å². The van der Waals surface area contributed by atoms with Gasteiger partial charge in [-0.05, 0) is 43.3 Å². The van der Waals surface area contributed by atoms with Gasteiger partial charge in [0.2, 0.25) is 0 Å². The monoisotopic (exact) mass is 413 g/mol. The first-order valence-corrected chi connectivity index (χ1v) is 10.2. The minimum absolute atomic E-state index is 0.159. The van der Waals surface area contributed by atoms with Crippen LogP contribution in [-0.4, -0.2) is 28.1 Å². The van der Waals surface area contributed by atoms with E-state index in [1.807, 2.05) is 44.4 Å². The van der Waals surface area contributed by atoms with Crippen LogP contribution in [0.2, 0.25) is 0 Å². The van der Waals surface area contributed by atoms with Crippen LogP contribution in [0.5, 0.6) is 0 Å². The molecule has 1 unspecified atom stereocenters. The number of hydrogen-bond donors (Lipinski definition) is 1. The molecule has 0 saturated heterocycles. The Labute approximate surface area is 173 Å². The van der Waals surface area contributed by atoms with E-state index in [0.717, 1.165) is 10.4 Å². The number of rotatable bonds is 7. The molecule has 152 valence electrons. The average Bonchev–Trinajstić information content (AvgIpc) is 3.36. The molecular weight excluding hydrogens is 390 g/mol. The van der Waals surface area contributed by atoms with Gasteiger partial charge in [0.25, 0.3) is 17.7 Å². The Morgan fingerprint density at radius 3 is 2.59 bits per heavy atom. The largest absolute Gasteiger partial charge is 0.451 e. The van der Waals surface area contributed by atoms with Gasteiger partial charge in [-0.2, -0.15) is 0 Å². The highest BCUT2D eigenvalue weighted by Gasteiger charge is 2.29. The third-order valence-electron chi connectivity index (χ3n) is 4.30. The summed E-state index contributed by atoms with van der Waals surface area (Å²) in [6.07, 6.45) is -0.735. The molecule has 8 heteroatoms. The van der Waals surface area contributed by atoms with Crippen molar-refractivity contribution in [1.29, 1.82) is 0 Å². The molecule has 0 fully saturated rings. The molecule has 1 amide bonds. The fraction of sp³-hybridized carbons (Fsp3) is 0.333. The Hall–Kier alpha value is -3.00. The summed E-state index contributed by atoms with van der Waals surface area (Å²) in [6.45, 7) is 7.24. The van der Waals surface area contributed by atoms with Gasteiger partial charge in [0.1, 0.15) is 6.04 Å². The van der Waals surface area contributed by atoms with Gasteiger partial charge < -0.3 is 14.5 Å². The van der Waals surface area contributed by atoms with Crippen LogP contribution in [0.25, 0.3) is 10.8 Å². The van der Waals surface area contributed by atoms with Gasteiger partial charge in [-0.3, -0.25) is 4.79 Å². The second-order valence-corrected chi connectivity index (χ2v) is 8.01. The zero-order valence-electron chi connectivity index (χ0n) is 16.7. The van der Waals surface area contributed by atoms with Gasteiger partial charge >= 0.3 is 5.97 Å². The van der Waals surface area contributed by atoms with E-state index in [9.17, 15) is 9.59 Å². The third-order valence-corrected chi connectivity index (χ3v) is 5.16. The van der Waals surface area contributed by atoms with Crippen molar-refractivity contribution in [2.24, 2.45) is 5.92 Å². The maximum absolute atomic E-state index is 12.7. The number of amides is 1. The first-order chi connectivity index (χ1) is 13.8. The summed E-state index contributed by atoms with van der Waals surface area (Å²) in [5, 5.41) is 12.6. The highest BCUT2D eigenvalue weighted by atomic mass is 32.1. The molecule has 2 atom stereocenters. The van der Waals surface area contributed by atoms with Gasteiger partial charge in [-0.15, -0.1) is 21.5 Å². The SMILES string of the molecule is Cc1cccc(C(=O)N[C@H](C(=O)OC(C)c2nnc(-c3cccs3)o2)C(C)C)c1. The summed E-state index contributed by atoms with van der Waals surface area (Å²) >= 11 is 1.48. The summed E-state index contributed by atoms with van der Waals surface area (Å²) in [6, 6.07) is 10.1. The normalized spacial score (nSPS) is 13.1. The van der Waals surface area contributed by atoms with E-state index < -0.39 is 18.1 Å². The van der Waals surface area contributed by atoms with E-state index >= 15 is 0 Å². The van der Waals surface area contributed by atoms with Crippen molar-refractivity contribution in [3.8, 4) is 10.8 Å². The van der Waals surface area contributed by atoms with Crippen LogP contribution >= 0.6 is 11.3 Å². The summed E-state index contributed by atoms with van der Waals surface area (Å²) in [7, 11) is 0. The first-order valence-electron chi connectivity index (χ1n) is 9.30. The second-order valence-electron chi connectivity index (χ2n) is 7.07. The summed E-state index contributed by atoms with van der Waals surface area (Å²) < 4.78 is 11.1. The molecule has 0 bridgehead atoms. The number of aromatic nitrogens is 2. The molecule has 0 aliphatic heterocycles. The molecule has 0 spiro atoms. The zero-order valence-corrected chi connectivity index (χ0v) is 17.5. The van der Waals surface area contributed by atoms with E-state index in [-0.39, 0.29) is 17.7 Å². The number of nitrogens with one attached hydrogen (secondary N) is 1. The van der Waals surface area contributed by atoms with Crippen LogP contribution in [0.15, 0.2) is 46.2 Å². The lowest BCUT2D eigenvalue weighted by molar-refractivity contribution is -0.153. The van der Waals surface area contributed by atoms with Crippen LogP contribution in [-0.2, 0) is 9.53 Å². The minimum Gasteiger partial charge on any atom is -0.451 e. The van der Waals surface area contributed by atoms with Crippen molar-refractivity contribution in [3.05, 3.63) is 58.8 Å². The Kier molecular flexibility index (Phi) is 6.43. The van der Waals surface area contributed by atoms with Crippen LogP contribution in [0.1, 0.15) is 48.7 Å². The summed E-state index contributed by atoms with van der Waals surface area (Å²) in [5.41, 5.74) is 1.46. The topological polar surface area (TPSA) is 94.3 Å². The number of aryl methyl sites for hydroxylation is 1. The highest BCUT2D eigenvalue weighted by molar-refractivity contribution is 7.13. The molecule has 0 radical (unpaired) electrons. The van der Waals surface area contributed by atoms with Crippen molar-refractivity contribution in [2.45, 2.75) is 39.8 Å². The molecule has 29 heavy (non-hydrogen) atoms. The molecular formula is C21H23N3O4S. The molecule has 2 heterocycles. The summed E-state index contributed by atoms with van der Waals surface area (Å²) in [4.78, 5) is 26.1. The quantitative estimate of drug-likeness (QED) is 0.584. The molecule has 1 N–H and O–H groups in total. The average molecular weight is 413 g/mol. The molecule has 7 nitrogen and oxygen atoms in total. The smallest absolute Gasteiger partial charge is 0.329 e. The Balaban J connectivity index is 1.67. The molecule has 0 saturated carbocycles. The standard InChI is InChI=1S/C21H23N3O4S/c1-12(2)17(22-18(25)15-8-5-7-13(3)11-15)21(26)27-14(4)19-23-24-20(28-19)16-9-6-10-29-16/h5-12,14,17H,1-4H3,(H,22,25)/t14?,17-/m0/s1. The molecule has 1 aromatic carbocycles. The van der Waals surface area contributed by atoms with Crippen molar-refractivity contribution < 1.29 is 18.7 Å². The van der Waals surface area contributed by atoms with E-state index in [4.69, 9.17) is 9.15 Å². The fourth-order valence-electron chi connectivity index (χ4n) is 2.71. The molecule has 0 aliphatic rings. The Morgan fingerprint density at radius 1 is 1.14 bits per heavy atom. The number of thiophene rings is 1. The van der Waals surface area contributed by atoms with Crippen LogP contribution in [0.4, 0.5) is 0 Å². The predicted octanol–water partition coefficient (Wildman–Crippen LogP) is 4.17. The van der Waals surface area contributed by atoms with Gasteiger partial charge in [0, 0.05) is 5.56 Å². The zero-order chi connectivity index (χ0) is 21.0. The van der Waals surface area contributed by atoms with Crippen LogP contribution in [0.3, 0.4) is 0 Å². The number of ether oxygens (including phenoxy) is 1. The maximum Gasteiger partial charge on any atom is 0.329 e. The van der Waals surface area contributed by atoms with Crippen LogP contribution < -0.4 is 5.32 Å². The molecule has 3 rings (SSSR count). The fourth-order valence-corrected chi connectivity index (χ4v) is 3.35. The van der Waals surface area contributed by atoms with Crippen molar-refractivity contribution >= 4 is 23.2 Å². The number of carbonyl (C=O) groups excluding carboxylic acids is 2. The first kappa shape index (κ1) is 20.7. The lowest BCUT2D eigenvalue weighted by atomic mass is 10.0. The van der Waals surface area contributed by atoms with E-state index in [1.54, 1.807) is 25.1 Å². The van der Waals surface area contributed by atoms with Crippen molar-refractivity contribution in [1.82, 2.24) is 15.5 Å². The second kappa shape index (κ2) is 9.00. The predicted molar refractivity (Wildman–Crippen MR) is 109 cm³/mol. The number of carbonyl (C=O) groups is 2. The van der Waals surface area contributed by atoms with Crippen molar-refractivity contribution in [2.75, 3.05) is 0 Å². The van der Waals surface area contributed by atoms with Gasteiger partial charge in [-0.1, -0.05) is 37.6 Å². The van der Waals surface area contributed by atoms with Gasteiger partial charge in [0.05, 0.1) is 4.88 Å². The highest BCUT2D eigenvalue weighted by Crippen LogP contribution is 2.26. The summed E-state index contributed by atoms with van der Waals surface area (Å²) in [5.74, 6) is -0.452. The lowest BCUT2D eigenvalue weighted by Gasteiger charge is -2.22. The van der Waals surface area contributed by atoms with E-state index in [1.165, 1.54) is 11.3 Å². The lowest BCUT2D eigenvalue weighted by Crippen LogP contribution is -2.45. The van der Waals surface area contributed by atoms with Crippen molar-refractivity contribution in [3.63, 3.8) is 0 Å². The molecule has 2 aromatic heterocycles. The van der Waals surface area contributed by atoms with Gasteiger partial charge in [0.15, 0.2) is 6.10 Å². The number of esters is 1. The Bertz CT molecular complexity index is 981. The molecule has 0 aliphatic carbocycles. The number of nitrogens with zero attached hydrogens (tertiary/aromatic N) is 2. The van der Waals surface area contributed by atoms with Crippen LogP contribution in [0, 0.1) is 12.8 Å². The van der Waals surface area contributed by atoms with Gasteiger partial charge in [-0.25, -0.2) is 4.79 Å². The third kappa shape index (κ3) is 5.08. The number of benzene rings is 1. The minimum atomic E-state index is -0.801. The van der Waals surface area contributed by atoms with E-state index in [2.05, 4.69) is 15.5 Å². The molecule has 3 aromatic rings. The number of hydrogen-bond acceptors (Lipinski definition) is 7.